The highest BCUT2D eigenvalue weighted by molar-refractivity contribution is 7.89. The standard InChI is InChI=1S/C9H19NO2S/c1-7(2)5-9-6-10(9)13(11,12)8(3)4/h7-9H,5-6H2,1-4H3. The predicted octanol–water partition coefficient (Wildman–Crippen LogP) is 1.45. The van der Waals surface area contributed by atoms with Gasteiger partial charge in [0.2, 0.25) is 10.0 Å². The zero-order valence-corrected chi connectivity index (χ0v) is 9.63. The SMILES string of the molecule is CC(C)CC1CN1S(=O)(=O)C(C)C. The lowest BCUT2D eigenvalue weighted by Gasteiger charge is -2.09. The molecule has 1 aliphatic heterocycles. The second-order valence-corrected chi connectivity index (χ2v) is 6.89. The van der Waals surface area contributed by atoms with Gasteiger partial charge in [-0.15, -0.1) is 0 Å². The highest BCUT2D eigenvalue weighted by atomic mass is 32.2. The molecule has 2 atom stereocenters. The van der Waals surface area contributed by atoms with Crippen molar-refractivity contribution in [2.24, 2.45) is 5.92 Å². The van der Waals surface area contributed by atoms with Crippen molar-refractivity contribution in [3.63, 3.8) is 0 Å². The van der Waals surface area contributed by atoms with Crippen molar-refractivity contribution in [1.29, 1.82) is 0 Å². The molecule has 0 radical (unpaired) electrons. The van der Waals surface area contributed by atoms with E-state index in [1.54, 1.807) is 18.2 Å². The lowest BCUT2D eigenvalue weighted by molar-refractivity contribution is 0.510. The average Bonchev–Trinajstić information content (AvgIpc) is 2.65. The van der Waals surface area contributed by atoms with Crippen molar-refractivity contribution in [2.45, 2.75) is 45.4 Å². The van der Waals surface area contributed by atoms with Gasteiger partial charge in [0.15, 0.2) is 0 Å². The Morgan fingerprint density at radius 1 is 1.31 bits per heavy atom. The first-order valence-electron chi connectivity index (χ1n) is 4.86. The first-order chi connectivity index (χ1) is 5.85. The largest absolute Gasteiger partial charge is 0.216 e. The van der Waals surface area contributed by atoms with Gasteiger partial charge in [-0.1, -0.05) is 13.8 Å². The first-order valence-corrected chi connectivity index (χ1v) is 6.36. The minimum atomic E-state index is -2.97. The molecule has 1 aliphatic rings. The first kappa shape index (κ1) is 11.0. The van der Waals surface area contributed by atoms with E-state index in [0.29, 0.717) is 5.92 Å². The lowest BCUT2D eigenvalue weighted by Crippen LogP contribution is -2.24. The topological polar surface area (TPSA) is 37.1 Å². The quantitative estimate of drug-likeness (QED) is 0.651. The molecular weight excluding hydrogens is 186 g/mol. The summed E-state index contributed by atoms with van der Waals surface area (Å²) in [6, 6.07) is 0.285. The van der Waals surface area contributed by atoms with Crippen LogP contribution in [0.5, 0.6) is 0 Å². The van der Waals surface area contributed by atoms with Crippen LogP contribution in [0, 0.1) is 5.92 Å². The minimum Gasteiger partial charge on any atom is -0.212 e. The molecule has 2 unspecified atom stereocenters. The van der Waals surface area contributed by atoms with E-state index in [4.69, 9.17) is 0 Å². The zero-order valence-electron chi connectivity index (χ0n) is 8.82. The van der Waals surface area contributed by atoms with E-state index >= 15 is 0 Å². The summed E-state index contributed by atoms with van der Waals surface area (Å²) >= 11 is 0. The van der Waals surface area contributed by atoms with Gasteiger partial charge >= 0.3 is 0 Å². The summed E-state index contributed by atoms with van der Waals surface area (Å²) in [6.45, 7) is 8.45. The molecule has 78 valence electrons. The molecule has 0 aromatic heterocycles. The van der Waals surface area contributed by atoms with Gasteiger partial charge in [-0.05, 0) is 26.2 Å². The molecule has 1 rings (SSSR count). The van der Waals surface area contributed by atoms with Crippen LogP contribution in [-0.2, 0) is 10.0 Å². The zero-order chi connectivity index (χ0) is 10.2. The molecule has 0 bridgehead atoms. The summed E-state index contributed by atoms with van der Waals surface area (Å²) in [5.74, 6) is 0.581. The van der Waals surface area contributed by atoms with E-state index < -0.39 is 10.0 Å². The van der Waals surface area contributed by atoms with E-state index in [9.17, 15) is 8.42 Å². The van der Waals surface area contributed by atoms with Gasteiger partial charge in [-0.3, -0.25) is 0 Å². The Balaban J connectivity index is 2.52. The summed E-state index contributed by atoms with van der Waals surface area (Å²) < 4.78 is 24.8. The highest BCUT2D eigenvalue weighted by Crippen LogP contribution is 2.30. The monoisotopic (exact) mass is 205 g/mol. The Bertz CT molecular complexity index is 269. The van der Waals surface area contributed by atoms with Crippen LogP contribution in [0.3, 0.4) is 0 Å². The maximum atomic E-state index is 11.6. The number of rotatable bonds is 4. The summed E-state index contributed by atoms with van der Waals surface area (Å²) in [5, 5.41) is -0.273. The highest BCUT2D eigenvalue weighted by Gasteiger charge is 2.44. The van der Waals surface area contributed by atoms with Crippen molar-refractivity contribution in [3.8, 4) is 0 Å². The summed E-state index contributed by atoms with van der Waals surface area (Å²) in [5.41, 5.74) is 0. The van der Waals surface area contributed by atoms with Crippen LogP contribution < -0.4 is 0 Å². The summed E-state index contributed by atoms with van der Waals surface area (Å²) in [7, 11) is -2.97. The van der Waals surface area contributed by atoms with Crippen LogP contribution in [0.1, 0.15) is 34.1 Å². The fourth-order valence-electron chi connectivity index (χ4n) is 1.48. The van der Waals surface area contributed by atoms with Gasteiger partial charge < -0.3 is 0 Å². The average molecular weight is 205 g/mol. The third-order valence-corrected chi connectivity index (χ3v) is 4.62. The smallest absolute Gasteiger partial charge is 0.212 e. The van der Waals surface area contributed by atoms with E-state index in [0.717, 1.165) is 13.0 Å². The van der Waals surface area contributed by atoms with Crippen LogP contribution >= 0.6 is 0 Å². The number of sulfonamides is 1. The summed E-state index contributed by atoms with van der Waals surface area (Å²) in [6.07, 6.45) is 0.992. The molecule has 0 aromatic carbocycles. The fraction of sp³-hybridized carbons (Fsp3) is 1.00. The summed E-state index contributed by atoms with van der Waals surface area (Å²) in [4.78, 5) is 0. The number of nitrogens with zero attached hydrogens (tertiary/aromatic N) is 1. The fourth-order valence-corrected chi connectivity index (χ4v) is 2.90. The molecule has 13 heavy (non-hydrogen) atoms. The normalized spacial score (nSPS) is 28.5. The molecular formula is C9H19NO2S. The molecule has 0 aromatic rings. The van der Waals surface area contributed by atoms with E-state index in [1.165, 1.54) is 0 Å². The Labute approximate surface area is 81.2 Å². The minimum absolute atomic E-state index is 0.273. The Morgan fingerprint density at radius 3 is 2.23 bits per heavy atom. The Kier molecular flexibility index (Phi) is 3.02. The maximum Gasteiger partial charge on any atom is 0.216 e. The van der Waals surface area contributed by atoms with Gasteiger partial charge in [0.25, 0.3) is 0 Å². The number of hydrogen-bond donors (Lipinski definition) is 0. The molecule has 1 heterocycles. The third-order valence-electron chi connectivity index (χ3n) is 2.33. The van der Waals surface area contributed by atoms with E-state index in [-0.39, 0.29) is 11.3 Å². The molecule has 0 N–H and O–H groups in total. The Morgan fingerprint density at radius 2 is 1.85 bits per heavy atom. The van der Waals surface area contributed by atoms with Crippen molar-refractivity contribution in [3.05, 3.63) is 0 Å². The Hall–Kier alpha value is -0.0900. The molecule has 1 fully saturated rings. The van der Waals surface area contributed by atoms with E-state index in [2.05, 4.69) is 13.8 Å². The van der Waals surface area contributed by atoms with Crippen molar-refractivity contribution in [2.75, 3.05) is 6.54 Å². The van der Waals surface area contributed by atoms with Crippen LogP contribution in [0.2, 0.25) is 0 Å². The van der Waals surface area contributed by atoms with Gasteiger partial charge in [0, 0.05) is 12.6 Å². The molecule has 0 aliphatic carbocycles. The van der Waals surface area contributed by atoms with Crippen molar-refractivity contribution in [1.82, 2.24) is 4.31 Å². The van der Waals surface area contributed by atoms with Crippen LogP contribution in [0.25, 0.3) is 0 Å². The molecule has 0 saturated carbocycles. The molecule has 3 nitrogen and oxygen atoms in total. The second-order valence-electron chi connectivity index (χ2n) is 4.45. The second kappa shape index (κ2) is 3.58. The van der Waals surface area contributed by atoms with Gasteiger partial charge in [-0.2, -0.15) is 4.31 Å². The predicted molar refractivity (Wildman–Crippen MR) is 54.0 cm³/mol. The van der Waals surface area contributed by atoms with Crippen LogP contribution in [0.15, 0.2) is 0 Å². The maximum absolute atomic E-state index is 11.6. The van der Waals surface area contributed by atoms with Crippen molar-refractivity contribution >= 4 is 10.0 Å². The van der Waals surface area contributed by atoms with Crippen LogP contribution in [-0.4, -0.2) is 30.6 Å². The molecule has 0 spiro atoms. The third kappa shape index (κ3) is 2.44. The van der Waals surface area contributed by atoms with Crippen molar-refractivity contribution < 1.29 is 8.42 Å². The molecule has 4 heteroatoms. The van der Waals surface area contributed by atoms with Crippen LogP contribution in [0.4, 0.5) is 0 Å². The lowest BCUT2D eigenvalue weighted by atomic mass is 10.1. The molecule has 0 amide bonds. The molecule has 1 saturated heterocycles. The van der Waals surface area contributed by atoms with Gasteiger partial charge in [-0.25, -0.2) is 8.42 Å². The van der Waals surface area contributed by atoms with Gasteiger partial charge in [0.05, 0.1) is 5.25 Å². The van der Waals surface area contributed by atoms with Gasteiger partial charge in [0.1, 0.15) is 0 Å². The number of hydrogen-bond acceptors (Lipinski definition) is 2. The van der Waals surface area contributed by atoms with E-state index in [1.807, 2.05) is 0 Å².